The number of benzene rings is 3. The van der Waals surface area contributed by atoms with Gasteiger partial charge in [-0.15, -0.1) is 11.3 Å². The molecule has 0 fully saturated rings. The van der Waals surface area contributed by atoms with Gasteiger partial charge in [-0.05, 0) is 46.5 Å². The van der Waals surface area contributed by atoms with Gasteiger partial charge in [0.15, 0.2) is 0 Å². The zero-order valence-corrected chi connectivity index (χ0v) is 18.0. The van der Waals surface area contributed by atoms with Crippen molar-refractivity contribution < 1.29 is 13.2 Å². The Kier molecular flexibility index (Phi) is 5.75. The Morgan fingerprint density at radius 2 is 1.58 bits per heavy atom. The highest BCUT2D eigenvalue weighted by atomic mass is 32.2. The molecular weight excluding hydrogens is 430 g/mol. The number of carbonyl (C=O) groups is 1. The molecule has 3 N–H and O–H groups in total. The molecule has 0 bridgehead atoms. The number of rotatable bonds is 7. The number of anilines is 1. The molecule has 0 aliphatic rings. The zero-order valence-electron chi connectivity index (χ0n) is 16.3. The van der Waals surface area contributed by atoms with E-state index < -0.39 is 10.0 Å². The molecule has 3 aromatic carbocycles. The van der Waals surface area contributed by atoms with E-state index in [0.717, 1.165) is 27.7 Å². The monoisotopic (exact) mass is 449 g/mol. The second-order valence-corrected chi connectivity index (χ2v) is 9.56. The van der Waals surface area contributed by atoms with Crippen molar-refractivity contribution in [1.82, 2.24) is 10.9 Å². The van der Waals surface area contributed by atoms with Gasteiger partial charge in [-0.25, -0.2) is 8.42 Å². The Hall–Kier alpha value is -3.62. The summed E-state index contributed by atoms with van der Waals surface area (Å²) in [6.07, 6.45) is 0. The number of fused-ring (bicyclic) bond motifs is 1. The van der Waals surface area contributed by atoms with Crippen molar-refractivity contribution in [3.63, 3.8) is 0 Å². The molecule has 0 unspecified atom stereocenters. The van der Waals surface area contributed by atoms with Gasteiger partial charge in [-0.1, -0.05) is 55.1 Å². The first-order valence-electron chi connectivity index (χ1n) is 9.34. The molecule has 1 heterocycles. The summed E-state index contributed by atoms with van der Waals surface area (Å²) in [5.41, 5.74) is 7.68. The third-order valence-electron chi connectivity index (χ3n) is 4.60. The lowest BCUT2D eigenvalue weighted by Crippen LogP contribution is -2.35. The number of sulfonamides is 1. The Balaban J connectivity index is 1.40. The van der Waals surface area contributed by atoms with Crippen LogP contribution in [0, 0.1) is 0 Å². The molecule has 0 radical (unpaired) electrons. The van der Waals surface area contributed by atoms with Crippen LogP contribution in [0.1, 0.15) is 15.9 Å². The van der Waals surface area contributed by atoms with Crippen molar-refractivity contribution in [2.24, 2.45) is 0 Å². The topological polar surface area (TPSA) is 87.3 Å². The summed E-state index contributed by atoms with van der Waals surface area (Å²) in [6.45, 7) is 4.02. The van der Waals surface area contributed by atoms with E-state index in [-0.39, 0.29) is 10.1 Å². The predicted octanol–water partition coefficient (Wildman–Crippen LogP) is 4.61. The van der Waals surface area contributed by atoms with Crippen LogP contribution in [0.4, 0.5) is 5.69 Å². The van der Waals surface area contributed by atoms with Gasteiger partial charge in [0.05, 0.1) is 5.70 Å². The molecule has 0 aliphatic heterocycles. The molecule has 6 nitrogen and oxygen atoms in total. The first-order chi connectivity index (χ1) is 14.9. The normalized spacial score (nSPS) is 11.1. The predicted molar refractivity (Wildman–Crippen MR) is 125 cm³/mol. The third kappa shape index (κ3) is 4.60. The lowest BCUT2D eigenvalue weighted by atomic mass is 10.0. The average Bonchev–Trinajstić information content (AvgIpc) is 3.33. The maximum absolute atomic E-state index is 12.5. The highest BCUT2D eigenvalue weighted by Crippen LogP contribution is 2.23. The standard InChI is InChI=1S/C23H19N3O3S2/c1-16(20-9-4-7-17-6-2-3-8-21(17)20)24-25-23(27)18-11-13-19(14-12-18)26-31(28,29)22-10-5-15-30-22/h2-15,24,26H,1H2,(H,25,27). The average molecular weight is 450 g/mol. The van der Waals surface area contributed by atoms with Crippen molar-refractivity contribution in [3.05, 3.63) is 102 Å². The minimum Gasteiger partial charge on any atom is -0.298 e. The summed E-state index contributed by atoms with van der Waals surface area (Å²) in [6, 6.07) is 23.2. The van der Waals surface area contributed by atoms with Gasteiger partial charge in [-0.3, -0.25) is 20.4 Å². The second-order valence-electron chi connectivity index (χ2n) is 6.70. The summed E-state index contributed by atoms with van der Waals surface area (Å²) < 4.78 is 27.3. The Bertz CT molecular complexity index is 1340. The fourth-order valence-electron chi connectivity index (χ4n) is 3.07. The molecule has 0 atom stereocenters. The van der Waals surface area contributed by atoms with Gasteiger partial charge in [0, 0.05) is 16.8 Å². The molecule has 1 amide bonds. The smallest absolute Gasteiger partial charge is 0.271 e. The van der Waals surface area contributed by atoms with Crippen LogP contribution in [0.15, 0.2) is 95.0 Å². The maximum atomic E-state index is 12.5. The lowest BCUT2D eigenvalue weighted by molar-refractivity contribution is 0.0942. The Morgan fingerprint density at radius 1 is 0.839 bits per heavy atom. The van der Waals surface area contributed by atoms with E-state index in [1.54, 1.807) is 35.7 Å². The van der Waals surface area contributed by atoms with Crippen molar-refractivity contribution in [3.8, 4) is 0 Å². The van der Waals surface area contributed by atoms with Gasteiger partial charge in [0.2, 0.25) is 0 Å². The summed E-state index contributed by atoms with van der Waals surface area (Å²) in [5.74, 6) is -0.367. The van der Waals surface area contributed by atoms with E-state index in [9.17, 15) is 13.2 Å². The molecule has 0 saturated carbocycles. The fourth-order valence-corrected chi connectivity index (χ4v) is 5.12. The van der Waals surface area contributed by atoms with E-state index >= 15 is 0 Å². The van der Waals surface area contributed by atoms with E-state index in [1.807, 2.05) is 42.5 Å². The first kappa shape index (κ1) is 20.6. The molecule has 1 aromatic heterocycles. The molecule has 156 valence electrons. The molecule has 4 aromatic rings. The molecule has 8 heteroatoms. The molecule has 31 heavy (non-hydrogen) atoms. The van der Waals surface area contributed by atoms with Crippen molar-refractivity contribution in [2.45, 2.75) is 4.21 Å². The van der Waals surface area contributed by atoms with E-state index in [4.69, 9.17) is 0 Å². The van der Waals surface area contributed by atoms with Gasteiger partial charge in [-0.2, -0.15) is 0 Å². The highest BCUT2D eigenvalue weighted by molar-refractivity contribution is 7.94. The highest BCUT2D eigenvalue weighted by Gasteiger charge is 2.15. The summed E-state index contributed by atoms with van der Waals surface area (Å²) >= 11 is 1.13. The van der Waals surface area contributed by atoms with Crippen molar-refractivity contribution in [2.75, 3.05) is 4.72 Å². The van der Waals surface area contributed by atoms with Gasteiger partial charge >= 0.3 is 0 Å². The van der Waals surface area contributed by atoms with E-state index in [2.05, 4.69) is 22.2 Å². The van der Waals surface area contributed by atoms with Crippen molar-refractivity contribution >= 4 is 49.4 Å². The van der Waals surface area contributed by atoms with Crippen molar-refractivity contribution in [1.29, 1.82) is 0 Å². The van der Waals surface area contributed by atoms with E-state index in [1.165, 1.54) is 6.07 Å². The van der Waals surface area contributed by atoms with Gasteiger partial charge in [0.25, 0.3) is 15.9 Å². The molecule has 0 saturated heterocycles. The van der Waals surface area contributed by atoms with Crippen LogP contribution in [-0.4, -0.2) is 14.3 Å². The zero-order chi connectivity index (χ0) is 21.8. The van der Waals surface area contributed by atoms with Crippen LogP contribution in [0.2, 0.25) is 0 Å². The van der Waals surface area contributed by atoms with E-state index in [0.29, 0.717) is 16.9 Å². The Morgan fingerprint density at radius 3 is 2.32 bits per heavy atom. The summed E-state index contributed by atoms with van der Waals surface area (Å²) in [5, 5.41) is 3.80. The molecule has 0 aliphatic carbocycles. The van der Waals surface area contributed by atoms with Crippen LogP contribution in [0.3, 0.4) is 0 Å². The number of thiophene rings is 1. The number of hydrogen-bond donors (Lipinski definition) is 3. The molecular formula is C23H19N3O3S2. The fraction of sp³-hybridized carbons (Fsp3) is 0. The van der Waals surface area contributed by atoms with Crippen LogP contribution in [0.25, 0.3) is 16.5 Å². The minimum atomic E-state index is -3.63. The number of hydrazine groups is 1. The number of carbonyl (C=O) groups excluding carboxylic acids is 1. The van der Waals surface area contributed by atoms with Crippen LogP contribution in [-0.2, 0) is 10.0 Å². The van der Waals surface area contributed by atoms with Gasteiger partial charge < -0.3 is 0 Å². The molecule has 0 spiro atoms. The largest absolute Gasteiger partial charge is 0.298 e. The number of hydrogen-bond acceptors (Lipinski definition) is 5. The number of amides is 1. The second kappa shape index (κ2) is 8.63. The van der Waals surface area contributed by atoms with Crippen LogP contribution < -0.4 is 15.6 Å². The Labute approximate surface area is 184 Å². The van der Waals surface area contributed by atoms with Gasteiger partial charge in [0.1, 0.15) is 4.21 Å². The van der Waals surface area contributed by atoms with Crippen LogP contribution >= 0.6 is 11.3 Å². The SMILES string of the molecule is C=C(NNC(=O)c1ccc(NS(=O)(=O)c2cccs2)cc1)c1cccc2ccccc12. The molecule has 4 rings (SSSR count). The maximum Gasteiger partial charge on any atom is 0.271 e. The lowest BCUT2D eigenvalue weighted by Gasteiger charge is -2.13. The summed E-state index contributed by atoms with van der Waals surface area (Å²) in [7, 11) is -3.63. The van der Waals surface area contributed by atoms with Crippen LogP contribution in [0.5, 0.6) is 0 Å². The number of nitrogens with one attached hydrogen (secondary N) is 3. The first-order valence-corrected chi connectivity index (χ1v) is 11.7. The third-order valence-corrected chi connectivity index (χ3v) is 7.38. The summed E-state index contributed by atoms with van der Waals surface area (Å²) in [4.78, 5) is 12.5. The minimum absolute atomic E-state index is 0.227. The quantitative estimate of drug-likeness (QED) is 0.360.